The number of ether oxygens (including phenoxy) is 1. The van der Waals surface area contributed by atoms with Crippen molar-refractivity contribution in [2.45, 2.75) is 13.1 Å². The Bertz CT molecular complexity index is 355. The standard InChI is InChI=1S/C12H19N3O2/c1-17-6-5-14-12(16)15-9-11-4-2-3-10(7-11)8-13/h2-4,7H,5-6,8-9,13H2,1H3,(H2,14,15,16). The Balaban J connectivity index is 2.31. The number of urea groups is 1. The maximum Gasteiger partial charge on any atom is 0.315 e. The first-order chi connectivity index (χ1) is 8.26. The predicted molar refractivity (Wildman–Crippen MR) is 66.4 cm³/mol. The van der Waals surface area contributed by atoms with E-state index in [0.29, 0.717) is 26.2 Å². The number of hydrogen-bond acceptors (Lipinski definition) is 3. The molecule has 0 radical (unpaired) electrons. The van der Waals surface area contributed by atoms with Gasteiger partial charge in [-0.05, 0) is 11.1 Å². The molecule has 0 saturated carbocycles. The summed E-state index contributed by atoms with van der Waals surface area (Å²) in [6.45, 7) is 2.02. The van der Waals surface area contributed by atoms with E-state index >= 15 is 0 Å². The van der Waals surface area contributed by atoms with E-state index in [0.717, 1.165) is 11.1 Å². The van der Waals surface area contributed by atoms with Crippen molar-refractivity contribution < 1.29 is 9.53 Å². The van der Waals surface area contributed by atoms with Gasteiger partial charge in [-0.15, -0.1) is 0 Å². The molecule has 5 heteroatoms. The third-order valence-electron chi connectivity index (χ3n) is 2.27. The van der Waals surface area contributed by atoms with Gasteiger partial charge in [-0.1, -0.05) is 24.3 Å². The SMILES string of the molecule is COCCNC(=O)NCc1cccc(CN)c1. The summed E-state index contributed by atoms with van der Waals surface area (Å²) in [7, 11) is 1.60. The third-order valence-corrected chi connectivity index (χ3v) is 2.27. The summed E-state index contributed by atoms with van der Waals surface area (Å²) in [5.74, 6) is 0. The molecule has 17 heavy (non-hydrogen) atoms. The van der Waals surface area contributed by atoms with E-state index in [9.17, 15) is 4.79 Å². The van der Waals surface area contributed by atoms with Gasteiger partial charge in [0.05, 0.1) is 6.61 Å². The summed E-state index contributed by atoms with van der Waals surface area (Å²) in [5.41, 5.74) is 7.64. The Hall–Kier alpha value is -1.59. The fraction of sp³-hybridized carbons (Fsp3) is 0.417. The van der Waals surface area contributed by atoms with E-state index in [1.54, 1.807) is 7.11 Å². The van der Waals surface area contributed by atoms with Crippen LogP contribution in [0.2, 0.25) is 0 Å². The van der Waals surface area contributed by atoms with E-state index in [2.05, 4.69) is 10.6 Å². The van der Waals surface area contributed by atoms with Gasteiger partial charge < -0.3 is 21.1 Å². The molecule has 0 aliphatic carbocycles. The Morgan fingerprint density at radius 1 is 1.35 bits per heavy atom. The van der Waals surface area contributed by atoms with E-state index in [-0.39, 0.29) is 6.03 Å². The van der Waals surface area contributed by atoms with Crippen molar-refractivity contribution in [2.75, 3.05) is 20.3 Å². The molecule has 5 nitrogen and oxygen atoms in total. The molecule has 0 aliphatic heterocycles. The number of amides is 2. The number of benzene rings is 1. The van der Waals surface area contributed by atoms with Gasteiger partial charge in [-0.3, -0.25) is 0 Å². The van der Waals surface area contributed by atoms with E-state index in [1.165, 1.54) is 0 Å². The second-order valence-electron chi connectivity index (χ2n) is 3.63. The van der Waals surface area contributed by atoms with Gasteiger partial charge in [0.2, 0.25) is 0 Å². The molecule has 1 rings (SSSR count). The highest BCUT2D eigenvalue weighted by molar-refractivity contribution is 5.73. The minimum absolute atomic E-state index is 0.194. The Morgan fingerprint density at radius 2 is 2.12 bits per heavy atom. The molecule has 4 N–H and O–H groups in total. The summed E-state index contributed by atoms with van der Waals surface area (Å²) in [4.78, 5) is 11.3. The Labute approximate surface area is 101 Å². The molecule has 1 aromatic carbocycles. The molecule has 1 aromatic rings. The molecule has 0 fully saturated rings. The average molecular weight is 237 g/mol. The van der Waals surface area contributed by atoms with Gasteiger partial charge in [0.1, 0.15) is 0 Å². The fourth-order valence-electron chi connectivity index (χ4n) is 1.38. The summed E-state index contributed by atoms with van der Waals surface area (Å²) in [6.07, 6.45) is 0. The van der Waals surface area contributed by atoms with Crippen LogP contribution < -0.4 is 16.4 Å². The number of nitrogens with two attached hydrogens (primary N) is 1. The zero-order chi connectivity index (χ0) is 12.5. The molecule has 0 aliphatic rings. The van der Waals surface area contributed by atoms with Crippen molar-refractivity contribution in [3.63, 3.8) is 0 Å². The largest absolute Gasteiger partial charge is 0.383 e. The van der Waals surface area contributed by atoms with Crippen LogP contribution in [0.1, 0.15) is 11.1 Å². The second kappa shape index (κ2) is 7.65. The van der Waals surface area contributed by atoms with Gasteiger partial charge in [0.25, 0.3) is 0 Å². The maximum absolute atomic E-state index is 11.3. The van der Waals surface area contributed by atoms with Gasteiger partial charge in [0, 0.05) is 26.7 Å². The molecule has 94 valence electrons. The van der Waals surface area contributed by atoms with E-state index < -0.39 is 0 Å². The zero-order valence-electron chi connectivity index (χ0n) is 10.0. The predicted octanol–water partition coefficient (Wildman–Crippen LogP) is 0.591. The number of methoxy groups -OCH3 is 1. The molecule has 0 heterocycles. The van der Waals surface area contributed by atoms with Crippen molar-refractivity contribution >= 4 is 6.03 Å². The summed E-state index contributed by atoms with van der Waals surface area (Å²) >= 11 is 0. The Morgan fingerprint density at radius 3 is 2.82 bits per heavy atom. The monoisotopic (exact) mass is 237 g/mol. The van der Waals surface area contributed by atoms with Crippen LogP contribution in [0.25, 0.3) is 0 Å². The van der Waals surface area contributed by atoms with Crippen LogP contribution >= 0.6 is 0 Å². The normalized spacial score (nSPS) is 10.0. The topological polar surface area (TPSA) is 76.4 Å². The van der Waals surface area contributed by atoms with Crippen molar-refractivity contribution in [3.05, 3.63) is 35.4 Å². The van der Waals surface area contributed by atoms with Crippen molar-refractivity contribution in [2.24, 2.45) is 5.73 Å². The van der Waals surface area contributed by atoms with Crippen molar-refractivity contribution in [3.8, 4) is 0 Å². The van der Waals surface area contributed by atoms with Crippen molar-refractivity contribution in [1.82, 2.24) is 10.6 Å². The fourth-order valence-corrected chi connectivity index (χ4v) is 1.38. The quantitative estimate of drug-likeness (QED) is 0.634. The summed E-state index contributed by atoms with van der Waals surface area (Å²) in [6, 6.07) is 7.63. The highest BCUT2D eigenvalue weighted by Gasteiger charge is 1.99. The van der Waals surface area contributed by atoms with Gasteiger partial charge in [-0.2, -0.15) is 0 Å². The lowest BCUT2D eigenvalue weighted by atomic mass is 10.1. The lowest BCUT2D eigenvalue weighted by Crippen LogP contribution is -2.36. The van der Waals surface area contributed by atoms with Crippen LogP contribution in [-0.4, -0.2) is 26.3 Å². The van der Waals surface area contributed by atoms with Crippen LogP contribution in [0.3, 0.4) is 0 Å². The van der Waals surface area contributed by atoms with E-state index in [4.69, 9.17) is 10.5 Å². The number of carbonyl (C=O) groups excluding carboxylic acids is 1. The molecule has 0 bridgehead atoms. The number of nitrogens with one attached hydrogen (secondary N) is 2. The van der Waals surface area contributed by atoms with Crippen LogP contribution in [0, 0.1) is 0 Å². The van der Waals surface area contributed by atoms with Crippen LogP contribution in [0.4, 0.5) is 4.79 Å². The first-order valence-electron chi connectivity index (χ1n) is 5.54. The molecule has 0 aromatic heterocycles. The van der Waals surface area contributed by atoms with Crippen LogP contribution in [0.15, 0.2) is 24.3 Å². The zero-order valence-corrected chi connectivity index (χ0v) is 10.0. The lowest BCUT2D eigenvalue weighted by molar-refractivity contribution is 0.196. The van der Waals surface area contributed by atoms with Crippen LogP contribution in [-0.2, 0) is 17.8 Å². The minimum Gasteiger partial charge on any atom is -0.383 e. The smallest absolute Gasteiger partial charge is 0.315 e. The van der Waals surface area contributed by atoms with Gasteiger partial charge >= 0.3 is 6.03 Å². The lowest BCUT2D eigenvalue weighted by Gasteiger charge is -2.08. The maximum atomic E-state index is 11.3. The molecule has 0 saturated heterocycles. The molecule has 2 amide bonds. The van der Waals surface area contributed by atoms with Crippen molar-refractivity contribution in [1.29, 1.82) is 0 Å². The van der Waals surface area contributed by atoms with Crippen LogP contribution in [0.5, 0.6) is 0 Å². The molecule has 0 atom stereocenters. The summed E-state index contributed by atoms with van der Waals surface area (Å²) < 4.78 is 4.83. The highest BCUT2D eigenvalue weighted by Crippen LogP contribution is 2.03. The number of rotatable bonds is 6. The molecular weight excluding hydrogens is 218 g/mol. The number of hydrogen-bond donors (Lipinski definition) is 3. The Kier molecular flexibility index (Phi) is 6.06. The van der Waals surface area contributed by atoms with E-state index in [1.807, 2.05) is 24.3 Å². The third kappa shape index (κ3) is 5.33. The molecule has 0 spiro atoms. The highest BCUT2D eigenvalue weighted by atomic mass is 16.5. The second-order valence-corrected chi connectivity index (χ2v) is 3.63. The minimum atomic E-state index is -0.194. The molecular formula is C12H19N3O2. The first kappa shape index (κ1) is 13.5. The van der Waals surface area contributed by atoms with Gasteiger partial charge in [-0.25, -0.2) is 4.79 Å². The molecule has 0 unspecified atom stereocenters. The summed E-state index contributed by atoms with van der Waals surface area (Å²) in [5, 5.41) is 5.45. The van der Waals surface area contributed by atoms with Gasteiger partial charge in [0.15, 0.2) is 0 Å². The first-order valence-corrected chi connectivity index (χ1v) is 5.54. The number of carbonyl (C=O) groups is 1. The average Bonchev–Trinajstić information content (AvgIpc) is 2.37.